The van der Waals surface area contributed by atoms with E-state index in [0.717, 1.165) is 9.13 Å². The highest BCUT2D eigenvalue weighted by molar-refractivity contribution is 14.1. The maximum absolute atomic E-state index is 12.2. The number of aryl methyl sites for hydroxylation is 1. The zero-order valence-electron chi connectivity index (χ0n) is 15.4. The van der Waals surface area contributed by atoms with Gasteiger partial charge in [-0.15, -0.1) is 0 Å². The predicted molar refractivity (Wildman–Crippen MR) is 120 cm³/mol. The van der Waals surface area contributed by atoms with E-state index in [1.165, 1.54) is 18.3 Å². The molecule has 0 unspecified atom stereocenters. The first-order valence-electron chi connectivity index (χ1n) is 8.53. The van der Waals surface area contributed by atoms with Crippen molar-refractivity contribution in [3.63, 3.8) is 0 Å². The number of halogens is 1. The first kappa shape index (κ1) is 21.0. The maximum Gasteiger partial charge on any atom is 0.344 e. The van der Waals surface area contributed by atoms with Crippen LogP contribution in [0.1, 0.15) is 21.5 Å². The average molecular weight is 520 g/mol. The van der Waals surface area contributed by atoms with Crippen molar-refractivity contribution in [2.24, 2.45) is 5.10 Å². The molecule has 3 aromatic carbocycles. The summed E-state index contributed by atoms with van der Waals surface area (Å²) in [5.74, 6) is -0.0608. The number of nitrogens with zero attached hydrogens (tertiary/aromatic N) is 1. The summed E-state index contributed by atoms with van der Waals surface area (Å²) in [7, 11) is -3.72. The molecule has 29 heavy (non-hydrogen) atoms. The molecule has 0 radical (unpaired) electrons. The molecule has 3 aromatic rings. The molecule has 0 fully saturated rings. The van der Waals surface area contributed by atoms with Crippen LogP contribution in [0.15, 0.2) is 82.8 Å². The van der Waals surface area contributed by atoms with Crippen molar-refractivity contribution in [2.45, 2.75) is 11.8 Å². The summed E-state index contributed by atoms with van der Waals surface area (Å²) in [6.45, 7) is 1.88. The normalized spacial score (nSPS) is 11.4. The van der Waals surface area contributed by atoms with E-state index in [4.69, 9.17) is 4.74 Å². The molecule has 0 aliphatic heterocycles. The third-order valence-electron chi connectivity index (χ3n) is 3.90. The second-order valence-electron chi connectivity index (χ2n) is 6.10. The number of benzene rings is 3. The number of hydrogen-bond acceptors (Lipinski definition) is 5. The molecule has 0 amide bonds. The van der Waals surface area contributed by atoms with Crippen molar-refractivity contribution in [1.29, 1.82) is 0 Å². The highest BCUT2D eigenvalue weighted by atomic mass is 127. The second kappa shape index (κ2) is 9.19. The fraction of sp³-hybridized carbons (Fsp3) is 0.0476. The quantitative estimate of drug-likeness (QED) is 0.174. The summed E-state index contributed by atoms with van der Waals surface area (Å²) >= 11 is 2.08. The van der Waals surface area contributed by atoms with Crippen molar-refractivity contribution < 1.29 is 17.9 Å². The molecule has 0 saturated heterocycles. The van der Waals surface area contributed by atoms with E-state index in [2.05, 4.69) is 32.5 Å². The molecule has 0 spiro atoms. The summed E-state index contributed by atoms with van der Waals surface area (Å²) in [5, 5.41) is 3.79. The number of carbonyl (C=O) groups is 1. The zero-order chi connectivity index (χ0) is 20.9. The number of rotatable bonds is 6. The number of esters is 1. The van der Waals surface area contributed by atoms with E-state index < -0.39 is 16.0 Å². The first-order chi connectivity index (χ1) is 13.8. The monoisotopic (exact) mass is 520 g/mol. The number of carbonyl (C=O) groups excluding carboxylic acids is 1. The summed E-state index contributed by atoms with van der Waals surface area (Å²) in [6.07, 6.45) is 1.37. The SMILES string of the molecule is Cc1ccc(S(=O)(=O)N/N=C/c2ccc(OC(=O)c3ccccc3I)cc2)cc1. The molecular weight excluding hydrogens is 503 g/mol. The number of sulfonamides is 1. The Morgan fingerprint density at radius 1 is 1.00 bits per heavy atom. The molecule has 0 aliphatic rings. The van der Waals surface area contributed by atoms with Crippen molar-refractivity contribution in [3.8, 4) is 5.75 Å². The highest BCUT2D eigenvalue weighted by Gasteiger charge is 2.12. The van der Waals surface area contributed by atoms with E-state index in [1.807, 2.05) is 19.1 Å². The summed E-state index contributed by atoms with van der Waals surface area (Å²) in [4.78, 5) is 14.5. The standard InChI is InChI=1S/C21H17IN2O4S/c1-15-6-12-18(13-7-15)29(26,27)24-23-14-16-8-10-17(11-9-16)28-21(25)19-4-2-3-5-20(19)22/h2-14,24H,1H3/b23-14+. The molecule has 6 nitrogen and oxygen atoms in total. The van der Waals surface area contributed by atoms with Gasteiger partial charge >= 0.3 is 5.97 Å². The molecule has 148 valence electrons. The lowest BCUT2D eigenvalue weighted by molar-refractivity contribution is 0.0733. The Morgan fingerprint density at radius 3 is 2.31 bits per heavy atom. The Kier molecular flexibility index (Phi) is 6.65. The summed E-state index contributed by atoms with van der Waals surface area (Å²) < 4.78 is 30.5. The van der Waals surface area contributed by atoms with Crippen molar-refractivity contribution in [3.05, 3.63) is 93.1 Å². The topological polar surface area (TPSA) is 84.8 Å². The Morgan fingerprint density at radius 2 is 1.66 bits per heavy atom. The van der Waals surface area contributed by atoms with Crippen LogP contribution >= 0.6 is 22.6 Å². The predicted octanol–water partition coefficient (Wildman–Crippen LogP) is 4.13. The van der Waals surface area contributed by atoms with Crippen LogP contribution in [0.5, 0.6) is 5.75 Å². The Labute approximate surface area is 182 Å². The minimum Gasteiger partial charge on any atom is -0.423 e. The van der Waals surface area contributed by atoms with Gasteiger partial charge in [0.1, 0.15) is 5.75 Å². The smallest absolute Gasteiger partial charge is 0.344 e. The van der Waals surface area contributed by atoms with Crippen molar-refractivity contribution >= 4 is 44.8 Å². The van der Waals surface area contributed by atoms with Gasteiger partial charge in [-0.3, -0.25) is 0 Å². The third-order valence-corrected chi connectivity index (χ3v) is 6.08. The fourth-order valence-electron chi connectivity index (χ4n) is 2.35. The minimum atomic E-state index is -3.72. The number of nitrogens with one attached hydrogen (secondary N) is 1. The van der Waals surface area contributed by atoms with E-state index in [0.29, 0.717) is 16.9 Å². The lowest BCUT2D eigenvalue weighted by atomic mass is 10.2. The van der Waals surface area contributed by atoms with E-state index in [1.54, 1.807) is 48.5 Å². The lowest BCUT2D eigenvalue weighted by Crippen LogP contribution is -2.18. The van der Waals surface area contributed by atoms with E-state index in [9.17, 15) is 13.2 Å². The van der Waals surface area contributed by atoms with E-state index >= 15 is 0 Å². The second-order valence-corrected chi connectivity index (χ2v) is 8.93. The van der Waals surface area contributed by atoms with Gasteiger partial charge in [0.25, 0.3) is 10.0 Å². The van der Waals surface area contributed by atoms with Crippen LogP contribution in [0, 0.1) is 10.5 Å². The molecule has 0 aliphatic carbocycles. The molecule has 0 heterocycles. The van der Waals surface area contributed by atoms with Crippen LogP contribution < -0.4 is 9.57 Å². The molecule has 3 rings (SSSR count). The van der Waals surface area contributed by atoms with Gasteiger partial charge in [0.15, 0.2) is 0 Å². The van der Waals surface area contributed by atoms with Gasteiger partial charge in [0, 0.05) is 3.57 Å². The molecule has 0 bridgehead atoms. The van der Waals surface area contributed by atoms with Crippen LogP contribution in [0.2, 0.25) is 0 Å². The number of hydrogen-bond donors (Lipinski definition) is 1. The van der Waals surface area contributed by atoms with Gasteiger partial charge < -0.3 is 4.74 Å². The molecule has 8 heteroatoms. The lowest BCUT2D eigenvalue weighted by Gasteiger charge is -2.06. The van der Waals surface area contributed by atoms with Crippen molar-refractivity contribution in [1.82, 2.24) is 4.83 Å². The van der Waals surface area contributed by atoms with Gasteiger partial charge in [0.05, 0.1) is 16.7 Å². The first-order valence-corrected chi connectivity index (χ1v) is 11.1. The van der Waals surface area contributed by atoms with Gasteiger partial charge in [0.2, 0.25) is 0 Å². The maximum atomic E-state index is 12.2. The Hall–Kier alpha value is -2.72. The number of ether oxygens (including phenoxy) is 1. The molecule has 0 saturated carbocycles. The molecule has 0 aromatic heterocycles. The van der Waals surface area contributed by atoms with Crippen LogP contribution in [0.25, 0.3) is 0 Å². The molecule has 1 N–H and O–H groups in total. The van der Waals surface area contributed by atoms with E-state index in [-0.39, 0.29) is 4.90 Å². The van der Waals surface area contributed by atoms with Gasteiger partial charge in [-0.1, -0.05) is 29.8 Å². The minimum absolute atomic E-state index is 0.137. The Balaban J connectivity index is 1.62. The van der Waals surface area contributed by atoms with Crippen LogP contribution in [0.3, 0.4) is 0 Å². The van der Waals surface area contributed by atoms with Crippen molar-refractivity contribution in [2.75, 3.05) is 0 Å². The van der Waals surface area contributed by atoms with Crippen LogP contribution in [-0.4, -0.2) is 20.6 Å². The average Bonchev–Trinajstić information content (AvgIpc) is 2.70. The van der Waals surface area contributed by atoms with Gasteiger partial charge in [-0.05, 0) is 83.6 Å². The summed E-state index contributed by atoms with van der Waals surface area (Å²) in [6, 6.07) is 20.2. The summed E-state index contributed by atoms with van der Waals surface area (Å²) in [5.41, 5.74) is 2.10. The molecule has 0 atom stereocenters. The Bertz CT molecular complexity index is 1140. The van der Waals surface area contributed by atoms with Crippen LogP contribution in [-0.2, 0) is 10.0 Å². The zero-order valence-corrected chi connectivity index (χ0v) is 18.3. The fourth-order valence-corrected chi connectivity index (χ4v) is 3.75. The third kappa shape index (κ3) is 5.64. The van der Waals surface area contributed by atoms with Gasteiger partial charge in [-0.25, -0.2) is 9.63 Å². The molecular formula is C21H17IN2O4S. The van der Waals surface area contributed by atoms with Gasteiger partial charge in [-0.2, -0.15) is 13.5 Å². The number of hydrazone groups is 1. The highest BCUT2D eigenvalue weighted by Crippen LogP contribution is 2.17. The van der Waals surface area contributed by atoms with Crippen LogP contribution in [0.4, 0.5) is 0 Å². The largest absolute Gasteiger partial charge is 0.423 e.